The fourth-order valence-corrected chi connectivity index (χ4v) is 2.69. The molecule has 1 unspecified atom stereocenters. The van der Waals surface area contributed by atoms with E-state index in [1.807, 2.05) is 4.90 Å². The lowest BCUT2D eigenvalue weighted by Gasteiger charge is -2.22. The Balaban J connectivity index is 1.96. The van der Waals surface area contributed by atoms with Crippen molar-refractivity contribution < 1.29 is 4.79 Å². The molecule has 1 atom stereocenters. The summed E-state index contributed by atoms with van der Waals surface area (Å²) in [5, 5.41) is 0. The Morgan fingerprint density at radius 2 is 2.08 bits per heavy atom. The molecule has 0 aromatic heterocycles. The van der Waals surface area contributed by atoms with Crippen molar-refractivity contribution in [2.24, 2.45) is 5.41 Å². The van der Waals surface area contributed by atoms with Gasteiger partial charge in [-0.25, -0.2) is 0 Å². The highest BCUT2D eigenvalue weighted by Gasteiger charge is 2.42. The van der Waals surface area contributed by atoms with Crippen LogP contribution in [0.1, 0.15) is 19.8 Å². The second-order valence-corrected chi connectivity index (χ2v) is 4.44. The number of likely N-dealkylation sites (tertiary alicyclic amines) is 2. The Hall–Kier alpha value is -0.570. The molecular formula is C10H18N2O. The summed E-state index contributed by atoms with van der Waals surface area (Å²) in [5.74, 6) is 0. The van der Waals surface area contributed by atoms with Crippen LogP contribution in [0, 0.1) is 5.41 Å². The topological polar surface area (TPSA) is 23.6 Å². The molecule has 0 bridgehead atoms. The van der Waals surface area contributed by atoms with Gasteiger partial charge in [-0.3, -0.25) is 4.79 Å². The molecule has 0 aromatic rings. The van der Waals surface area contributed by atoms with Crippen LogP contribution in [0.2, 0.25) is 0 Å². The van der Waals surface area contributed by atoms with E-state index in [0.717, 1.165) is 26.0 Å². The van der Waals surface area contributed by atoms with Crippen molar-refractivity contribution in [1.29, 1.82) is 0 Å². The van der Waals surface area contributed by atoms with Crippen molar-refractivity contribution in [3.05, 3.63) is 0 Å². The maximum atomic E-state index is 10.6. The lowest BCUT2D eigenvalue weighted by molar-refractivity contribution is -0.117. The predicted molar refractivity (Wildman–Crippen MR) is 51.4 cm³/mol. The Morgan fingerprint density at radius 1 is 1.31 bits per heavy atom. The number of carbonyl (C=O) groups is 1. The number of rotatable bonds is 2. The highest BCUT2D eigenvalue weighted by Crippen LogP contribution is 2.38. The first-order valence-electron chi connectivity index (χ1n) is 5.20. The van der Waals surface area contributed by atoms with E-state index in [1.165, 1.54) is 25.9 Å². The summed E-state index contributed by atoms with van der Waals surface area (Å²) in [6.07, 6.45) is 3.50. The maximum absolute atomic E-state index is 10.6. The highest BCUT2D eigenvalue weighted by atomic mass is 16.1. The summed E-state index contributed by atoms with van der Waals surface area (Å²) in [7, 11) is 0. The number of carbonyl (C=O) groups excluding carboxylic acids is 1. The molecule has 13 heavy (non-hydrogen) atoms. The molecule has 3 nitrogen and oxygen atoms in total. The smallest absolute Gasteiger partial charge is 0.209 e. The Bertz CT molecular complexity index is 207. The number of hydrogen-bond donors (Lipinski definition) is 0. The fourth-order valence-electron chi connectivity index (χ4n) is 2.69. The van der Waals surface area contributed by atoms with Crippen LogP contribution in [0.25, 0.3) is 0 Å². The normalized spacial score (nSPS) is 34.7. The average Bonchev–Trinajstić information content (AvgIpc) is 2.74. The summed E-state index contributed by atoms with van der Waals surface area (Å²) < 4.78 is 0. The molecule has 74 valence electrons. The van der Waals surface area contributed by atoms with Crippen molar-refractivity contribution in [3.8, 4) is 0 Å². The first-order chi connectivity index (χ1) is 6.28. The van der Waals surface area contributed by atoms with Crippen LogP contribution in [0.4, 0.5) is 0 Å². The second kappa shape index (κ2) is 3.29. The minimum Gasteiger partial charge on any atom is -0.345 e. The van der Waals surface area contributed by atoms with Crippen LogP contribution in [-0.4, -0.2) is 48.9 Å². The van der Waals surface area contributed by atoms with Gasteiger partial charge < -0.3 is 9.80 Å². The van der Waals surface area contributed by atoms with Crippen LogP contribution >= 0.6 is 0 Å². The van der Waals surface area contributed by atoms with Gasteiger partial charge in [0, 0.05) is 25.0 Å². The van der Waals surface area contributed by atoms with Crippen LogP contribution in [0.15, 0.2) is 0 Å². The highest BCUT2D eigenvalue weighted by molar-refractivity contribution is 5.48. The summed E-state index contributed by atoms with van der Waals surface area (Å²) in [5.41, 5.74) is 0.455. The Kier molecular flexibility index (Phi) is 2.28. The molecule has 1 spiro atoms. The molecule has 2 aliphatic rings. The lowest BCUT2D eigenvalue weighted by atomic mass is 9.86. The molecule has 0 radical (unpaired) electrons. The van der Waals surface area contributed by atoms with E-state index in [9.17, 15) is 4.79 Å². The Morgan fingerprint density at radius 3 is 2.62 bits per heavy atom. The molecule has 2 rings (SSSR count). The van der Waals surface area contributed by atoms with E-state index in [1.54, 1.807) is 0 Å². The van der Waals surface area contributed by atoms with Gasteiger partial charge in [0.25, 0.3) is 0 Å². The molecule has 0 aliphatic carbocycles. The van der Waals surface area contributed by atoms with Gasteiger partial charge in [0.2, 0.25) is 6.41 Å². The first-order valence-corrected chi connectivity index (χ1v) is 5.20. The van der Waals surface area contributed by atoms with Crippen molar-refractivity contribution in [2.75, 3.05) is 32.7 Å². The van der Waals surface area contributed by atoms with E-state index >= 15 is 0 Å². The standard InChI is InChI=1S/C10H18N2O/c1-2-11-5-3-10(7-11)4-6-12(8-10)9-13/h9H,2-8H2,1H3. The third-order valence-corrected chi connectivity index (χ3v) is 3.58. The molecule has 0 N–H and O–H groups in total. The molecule has 2 fully saturated rings. The van der Waals surface area contributed by atoms with Gasteiger partial charge >= 0.3 is 0 Å². The quantitative estimate of drug-likeness (QED) is 0.583. The SMILES string of the molecule is CCN1CCC2(CCN(C=O)C2)C1. The van der Waals surface area contributed by atoms with Crippen molar-refractivity contribution >= 4 is 6.41 Å². The van der Waals surface area contributed by atoms with Crippen LogP contribution < -0.4 is 0 Å². The molecule has 0 saturated carbocycles. The van der Waals surface area contributed by atoms with E-state index in [-0.39, 0.29) is 0 Å². The monoisotopic (exact) mass is 182 g/mol. The number of amides is 1. The molecular weight excluding hydrogens is 164 g/mol. The zero-order valence-corrected chi connectivity index (χ0v) is 8.33. The molecule has 3 heteroatoms. The van der Waals surface area contributed by atoms with Crippen molar-refractivity contribution in [1.82, 2.24) is 9.80 Å². The van der Waals surface area contributed by atoms with E-state index in [0.29, 0.717) is 5.41 Å². The molecule has 2 heterocycles. The van der Waals surface area contributed by atoms with Crippen LogP contribution in [-0.2, 0) is 4.79 Å². The molecule has 0 aromatic carbocycles. The van der Waals surface area contributed by atoms with Crippen LogP contribution in [0.3, 0.4) is 0 Å². The largest absolute Gasteiger partial charge is 0.345 e. The van der Waals surface area contributed by atoms with Crippen LogP contribution in [0.5, 0.6) is 0 Å². The van der Waals surface area contributed by atoms with Gasteiger partial charge in [-0.15, -0.1) is 0 Å². The molecule has 1 amide bonds. The fraction of sp³-hybridized carbons (Fsp3) is 0.900. The third-order valence-electron chi connectivity index (χ3n) is 3.58. The minimum absolute atomic E-state index is 0.455. The van der Waals surface area contributed by atoms with Gasteiger partial charge in [0.15, 0.2) is 0 Å². The lowest BCUT2D eigenvalue weighted by Crippen LogP contribution is -2.30. The van der Waals surface area contributed by atoms with Gasteiger partial charge in [0.05, 0.1) is 0 Å². The summed E-state index contributed by atoms with van der Waals surface area (Å²) >= 11 is 0. The predicted octanol–water partition coefficient (Wildman–Crippen LogP) is 0.560. The summed E-state index contributed by atoms with van der Waals surface area (Å²) in [6, 6.07) is 0. The molecule has 2 saturated heterocycles. The zero-order valence-electron chi connectivity index (χ0n) is 8.33. The Labute approximate surface area is 79.7 Å². The van der Waals surface area contributed by atoms with E-state index < -0.39 is 0 Å². The van der Waals surface area contributed by atoms with E-state index in [4.69, 9.17) is 0 Å². The average molecular weight is 182 g/mol. The maximum Gasteiger partial charge on any atom is 0.209 e. The molecule has 2 aliphatic heterocycles. The number of hydrogen-bond acceptors (Lipinski definition) is 2. The third kappa shape index (κ3) is 1.57. The van der Waals surface area contributed by atoms with Gasteiger partial charge in [-0.1, -0.05) is 6.92 Å². The van der Waals surface area contributed by atoms with Gasteiger partial charge in [-0.05, 0) is 25.9 Å². The first kappa shape index (κ1) is 9.00. The second-order valence-electron chi connectivity index (χ2n) is 4.44. The summed E-state index contributed by atoms with van der Waals surface area (Å²) in [4.78, 5) is 15.0. The number of nitrogens with zero attached hydrogens (tertiary/aromatic N) is 2. The van der Waals surface area contributed by atoms with E-state index in [2.05, 4.69) is 11.8 Å². The zero-order chi connectivity index (χ0) is 9.31. The minimum atomic E-state index is 0.455. The van der Waals surface area contributed by atoms with Crippen molar-refractivity contribution in [3.63, 3.8) is 0 Å². The van der Waals surface area contributed by atoms with Gasteiger partial charge in [0.1, 0.15) is 0 Å². The van der Waals surface area contributed by atoms with Crippen molar-refractivity contribution in [2.45, 2.75) is 19.8 Å². The summed E-state index contributed by atoms with van der Waals surface area (Å²) in [6.45, 7) is 7.76. The van der Waals surface area contributed by atoms with Gasteiger partial charge in [-0.2, -0.15) is 0 Å².